The van der Waals surface area contributed by atoms with Gasteiger partial charge in [0.1, 0.15) is 0 Å². The molecule has 0 radical (unpaired) electrons. The largest absolute Gasteiger partial charge is 0.352 e. The van der Waals surface area contributed by atoms with Gasteiger partial charge in [0.25, 0.3) is 0 Å². The third-order valence-corrected chi connectivity index (χ3v) is 4.25. The van der Waals surface area contributed by atoms with Crippen LogP contribution in [0.1, 0.15) is 39.5 Å². The average Bonchev–Trinajstić information content (AvgIpc) is 2.94. The number of nitrogens with zero attached hydrogens (tertiary/aromatic N) is 1. The van der Waals surface area contributed by atoms with Gasteiger partial charge in [0.05, 0.1) is 12.6 Å². The maximum atomic E-state index is 12.3. The molecule has 2 aliphatic rings. The van der Waals surface area contributed by atoms with Gasteiger partial charge in [0.2, 0.25) is 11.8 Å². The Balaban J connectivity index is 1.81. The van der Waals surface area contributed by atoms with Crippen LogP contribution < -0.4 is 16.0 Å². The Morgan fingerprint density at radius 3 is 2.62 bits per heavy atom. The molecule has 2 heterocycles. The molecule has 0 aromatic carbocycles. The minimum absolute atomic E-state index is 0.00457. The van der Waals surface area contributed by atoms with Crippen LogP contribution in [0.15, 0.2) is 0 Å². The Bertz CT molecular complexity index is 367. The van der Waals surface area contributed by atoms with Gasteiger partial charge < -0.3 is 16.0 Å². The second kappa shape index (κ2) is 7.75. The molecule has 0 saturated carbocycles. The highest BCUT2D eigenvalue weighted by Gasteiger charge is 2.35. The first kappa shape index (κ1) is 16.2. The lowest BCUT2D eigenvalue weighted by Crippen LogP contribution is -2.52. The van der Waals surface area contributed by atoms with E-state index in [4.69, 9.17) is 0 Å². The second-order valence-corrected chi connectivity index (χ2v) is 6.32. The van der Waals surface area contributed by atoms with Crippen molar-refractivity contribution < 1.29 is 9.59 Å². The third-order valence-electron chi connectivity index (χ3n) is 4.25. The van der Waals surface area contributed by atoms with E-state index in [1.807, 2.05) is 13.8 Å². The van der Waals surface area contributed by atoms with Crippen molar-refractivity contribution in [2.75, 3.05) is 26.2 Å². The summed E-state index contributed by atoms with van der Waals surface area (Å²) in [7, 11) is 0. The molecule has 0 bridgehead atoms. The van der Waals surface area contributed by atoms with Gasteiger partial charge in [0.15, 0.2) is 0 Å². The highest BCUT2D eigenvalue weighted by Crippen LogP contribution is 2.24. The van der Waals surface area contributed by atoms with Crippen LogP contribution in [0.5, 0.6) is 0 Å². The summed E-state index contributed by atoms with van der Waals surface area (Å²) in [6.07, 6.45) is 4.19. The topological polar surface area (TPSA) is 73.5 Å². The average molecular weight is 296 g/mol. The summed E-state index contributed by atoms with van der Waals surface area (Å²) < 4.78 is 0. The molecule has 120 valence electrons. The van der Waals surface area contributed by atoms with Crippen molar-refractivity contribution in [3.8, 4) is 0 Å². The van der Waals surface area contributed by atoms with Gasteiger partial charge in [-0.2, -0.15) is 0 Å². The van der Waals surface area contributed by atoms with Crippen LogP contribution in [-0.4, -0.2) is 61.0 Å². The van der Waals surface area contributed by atoms with E-state index in [-0.39, 0.29) is 30.4 Å². The van der Waals surface area contributed by atoms with Crippen LogP contribution in [0, 0.1) is 0 Å². The number of amides is 2. The fourth-order valence-electron chi connectivity index (χ4n) is 3.30. The summed E-state index contributed by atoms with van der Waals surface area (Å²) in [6.45, 7) is 6.97. The fourth-order valence-corrected chi connectivity index (χ4v) is 3.30. The molecule has 0 aromatic rings. The predicted octanol–water partition coefficient (Wildman–Crippen LogP) is -0.156. The van der Waals surface area contributed by atoms with Crippen LogP contribution in [-0.2, 0) is 9.59 Å². The predicted molar refractivity (Wildman–Crippen MR) is 81.9 cm³/mol. The summed E-state index contributed by atoms with van der Waals surface area (Å²) in [5.74, 6) is -0.116. The Hall–Kier alpha value is -1.14. The van der Waals surface area contributed by atoms with Gasteiger partial charge in [-0.15, -0.1) is 0 Å². The number of hydrogen-bond donors (Lipinski definition) is 3. The molecule has 6 heteroatoms. The minimum Gasteiger partial charge on any atom is -0.352 e. The summed E-state index contributed by atoms with van der Waals surface area (Å²) in [5.41, 5.74) is 0. The highest BCUT2D eigenvalue weighted by molar-refractivity contribution is 5.87. The van der Waals surface area contributed by atoms with E-state index in [1.54, 1.807) is 0 Å². The molecule has 2 rings (SSSR count). The molecule has 21 heavy (non-hydrogen) atoms. The number of hydrogen-bond acceptors (Lipinski definition) is 4. The van der Waals surface area contributed by atoms with E-state index in [0.717, 1.165) is 45.3 Å². The molecular weight excluding hydrogens is 268 g/mol. The van der Waals surface area contributed by atoms with Crippen LogP contribution in [0.3, 0.4) is 0 Å². The SMILES string of the molecule is CC(C)NC(=O)CNC(=O)C1CCCN1C1CCNCC1. The summed E-state index contributed by atoms with van der Waals surface area (Å²) in [6, 6.07) is 0.557. The monoisotopic (exact) mass is 296 g/mol. The number of rotatable bonds is 5. The number of likely N-dealkylation sites (tertiary alicyclic amines) is 1. The van der Waals surface area contributed by atoms with E-state index < -0.39 is 0 Å². The van der Waals surface area contributed by atoms with Crippen LogP contribution in [0.4, 0.5) is 0 Å². The zero-order valence-electron chi connectivity index (χ0n) is 13.2. The van der Waals surface area contributed by atoms with Crippen molar-refractivity contribution in [2.45, 2.75) is 57.7 Å². The van der Waals surface area contributed by atoms with E-state index >= 15 is 0 Å². The lowest BCUT2D eigenvalue weighted by molar-refractivity contribution is -0.129. The quantitative estimate of drug-likeness (QED) is 0.659. The Labute approximate surface area is 127 Å². The van der Waals surface area contributed by atoms with Gasteiger partial charge in [-0.1, -0.05) is 0 Å². The normalized spacial score (nSPS) is 24.2. The fraction of sp³-hybridized carbons (Fsp3) is 0.867. The van der Waals surface area contributed by atoms with Gasteiger partial charge in [-0.05, 0) is 59.2 Å². The Kier molecular flexibility index (Phi) is 5.99. The molecule has 0 spiro atoms. The van der Waals surface area contributed by atoms with Crippen molar-refractivity contribution in [1.82, 2.24) is 20.9 Å². The van der Waals surface area contributed by atoms with Crippen molar-refractivity contribution >= 4 is 11.8 Å². The molecule has 2 amide bonds. The van der Waals surface area contributed by atoms with Crippen molar-refractivity contribution in [3.05, 3.63) is 0 Å². The highest BCUT2D eigenvalue weighted by atomic mass is 16.2. The number of carbonyl (C=O) groups excluding carboxylic acids is 2. The smallest absolute Gasteiger partial charge is 0.239 e. The molecular formula is C15H28N4O2. The summed E-state index contributed by atoms with van der Waals surface area (Å²) >= 11 is 0. The molecule has 2 aliphatic heterocycles. The van der Waals surface area contributed by atoms with Crippen molar-refractivity contribution in [3.63, 3.8) is 0 Å². The van der Waals surface area contributed by atoms with Crippen LogP contribution in [0.2, 0.25) is 0 Å². The van der Waals surface area contributed by atoms with Crippen molar-refractivity contribution in [2.24, 2.45) is 0 Å². The zero-order chi connectivity index (χ0) is 15.2. The number of piperidine rings is 1. The molecule has 1 unspecified atom stereocenters. The number of carbonyl (C=O) groups is 2. The Morgan fingerprint density at radius 2 is 1.95 bits per heavy atom. The van der Waals surface area contributed by atoms with Gasteiger partial charge in [-0.25, -0.2) is 0 Å². The maximum Gasteiger partial charge on any atom is 0.239 e. The molecule has 6 nitrogen and oxygen atoms in total. The second-order valence-electron chi connectivity index (χ2n) is 6.32. The molecule has 1 atom stereocenters. The molecule has 0 aromatic heterocycles. The van der Waals surface area contributed by atoms with Gasteiger partial charge in [-0.3, -0.25) is 14.5 Å². The first-order valence-corrected chi connectivity index (χ1v) is 8.11. The summed E-state index contributed by atoms with van der Waals surface area (Å²) in [4.78, 5) is 26.3. The Morgan fingerprint density at radius 1 is 1.24 bits per heavy atom. The summed E-state index contributed by atoms with van der Waals surface area (Å²) in [5, 5.41) is 8.94. The van der Waals surface area contributed by atoms with E-state index in [2.05, 4.69) is 20.9 Å². The van der Waals surface area contributed by atoms with Gasteiger partial charge >= 0.3 is 0 Å². The van der Waals surface area contributed by atoms with E-state index in [0.29, 0.717) is 6.04 Å². The van der Waals surface area contributed by atoms with E-state index in [1.165, 1.54) is 0 Å². The van der Waals surface area contributed by atoms with Crippen molar-refractivity contribution in [1.29, 1.82) is 0 Å². The van der Waals surface area contributed by atoms with Crippen LogP contribution in [0.25, 0.3) is 0 Å². The molecule has 0 aliphatic carbocycles. The first-order valence-electron chi connectivity index (χ1n) is 8.11. The number of nitrogens with one attached hydrogen (secondary N) is 3. The third kappa shape index (κ3) is 4.68. The standard InChI is InChI=1S/C15H28N4O2/c1-11(2)18-14(20)10-17-15(21)13-4-3-9-19(13)12-5-7-16-8-6-12/h11-13,16H,3-10H2,1-2H3,(H,17,21)(H,18,20). The lowest BCUT2D eigenvalue weighted by Gasteiger charge is -2.35. The molecule has 3 N–H and O–H groups in total. The maximum absolute atomic E-state index is 12.3. The lowest BCUT2D eigenvalue weighted by atomic mass is 10.0. The minimum atomic E-state index is -0.121. The first-order chi connectivity index (χ1) is 10.1. The molecule has 2 fully saturated rings. The molecule has 2 saturated heterocycles. The van der Waals surface area contributed by atoms with Gasteiger partial charge in [0, 0.05) is 12.1 Å². The van der Waals surface area contributed by atoms with Crippen LogP contribution >= 0.6 is 0 Å². The van der Waals surface area contributed by atoms with E-state index in [9.17, 15) is 9.59 Å². The zero-order valence-corrected chi connectivity index (χ0v) is 13.2.